The van der Waals surface area contributed by atoms with Crippen molar-refractivity contribution in [3.8, 4) is 22.8 Å². The number of nitrogens with zero attached hydrogens (tertiary/aromatic N) is 3. The van der Waals surface area contributed by atoms with E-state index in [9.17, 15) is 9.90 Å². The third-order valence-electron chi connectivity index (χ3n) is 6.19. The Morgan fingerprint density at radius 2 is 1.85 bits per heavy atom. The van der Waals surface area contributed by atoms with Crippen LogP contribution in [0.4, 0.5) is 4.39 Å². The number of aliphatic hydroxyl groups is 1. The Morgan fingerprint density at radius 3 is 2.54 bits per heavy atom. The summed E-state index contributed by atoms with van der Waals surface area (Å²) in [5, 5.41) is 31.6. The summed E-state index contributed by atoms with van der Waals surface area (Å²) >= 11 is 0. The Labute approximate surface area is 238 Å². The van der Waals surface area contributed by atoms with Gasteiger partial charge in [0.1, 0.15) is 17.3 Å². The summed E-state index contributed by atoms with van der Waals surface area (Å²) in [6.45, 7) is 9.35. The lowest BCUT2D eigenvalue weighted by Gasteiger charge is -2.19. The lowest BCUT2D eigenvalue weighted by atomic mass is 10.0. The molecule has 9 nitrogen and oxygen atoms in total. The van der Waals surface area contributed by atoms with Crippen LogP contribution in [0.3, 0.4) is 0 Å². The van der Waals surface area contributed by atoms with Gasteiger partial charge in [-0.3, -0.25) is 9.78 Å². The normalized spacial score (nSPS) is 11.8. The van der Waals surface area contributed by atoms with Crippen LogP contribution in [0.25, 0.3) is 22.2 Å². The van der Waals surface area contributed by atoms with Gasteiger partial charge < -0.3 is 25.9 Å². The van der Waals surface area contributed by atoms with Crippen molar-refractivity contribution in [2.24, 2.45) is 0 Å². The van der Waals surface area contributed by atoms with Gasteiger partial charge >= 0.3 is 0 Å². The summed E-state index contributed by atoms with van der Waals surface area (Å²) in [5.74, 6) is -0.236. The molecule has 0 bridgehead atoms. The fourth-order valence-corrected chi connectivity index (χ4v) is 4.13. The number of amides is 1. The Bertz CT molecular complexity index is 1650. The van der Waals surface area contributed by atoms with Crippen LogP contribution in [-0.4, -0.2) is 37.9 Å². The largest absolute Gasteiger partial charge is 0.456 e. The van der Waals surface area contributed by atoms with Crippen molar-refractivity contribution < 1.29 is 19.0 Å². The third kappa shape index (κ3) is 7.29. The van der Waals surface area contributed by atoms with Gasteiger partial charge in [-0.2, -0.15) is 5.10 Å². The number of aliphatic hydroxyl groups excluding tert-OH is 1. The average molecular weight is 557 g/mol. The number of nitrogens with one attached hydrogen (secondary N) is 3. The van der Waals surface area contributed by atoms with Crippen LogP contribution in [0.15, 0.2) is 60.6 Å². The number of carbonyl (C=O) groups excluding carboxylic acids is 1. The summed E-state index contributed by atoms with van der Waals surface area (Å²) in [7, 11) is 0. The standard InChI is InChI=1S/C31H33FN6O3/c1-18-10-21(13-29(40)36-23(15-33)16-35-31(3,4)5)25(32)14-28(18)41-27-8-9-34-26-7-6-20(12-24(26)27)30-19(2)11-22(17-39)37-38-30/h6-12,14-16,33,35,39H,13,17H2,1-5H3,(H,36,40)/b23-16+,33-15?. The van der Waals surface area contributed by atoms with Crippen molar-refractivity contribution in [2.45, 2.75) is 53.2 Å². The molecule has 1 amide bonds. The van der Waals surface area contributed by atoms with Crippen molar-refractivity contribution in [1.82, 2.24) is 25.8 Å². The van der Waals surface area contributed by atoms with Gasteiger partial charge in [-0.15, -0.1) is 5.10 Å². The molecule has 0 saturated carbocycles. The molecule has 2 heterocycles. The van der Waals surface area contributed by atoms with Gasteiger partial charge in [0.05, 0.1) is 35.6 Å². The molecule has 0 aliphatic heterocycles. The fraction of sp³-hybridized carbons (Fsp3) is 0.258. The number of aromatic nitrogens is 3. The molecule has 0 unspecified atom stereocenters. The quantitative estimate of drug-likeness (QED) is 0.206. The number of carbonyl (C=O) groups is 1. The number of fused-ring (bicyclic) bond motifs is 1. The lowest BCUT2D eigenvalue weighted by Crippen LogP contribution is -2.34. The molecule has 0 atom stereocenters. The van der Waals surface area contributed by atoms with Crippen LogP contribution < -0.4 is 15.4 Å². The molecule has 0 fully saturated rings. The molecule has 4 N–H and O–H groups in total. The first-order valence-corrected chi connectivity index (χ1v) is 13.1. The van der Waals surface area contributed by atoms with Crippen LogP contribution in [0.2, 0.25) is 0 Å². The molecule has 2 aromatic carbocycles. The molecule has 0 spiro atoms. The Morgan fingerprint density at radius 1 is 1.07 bits per heavy atom. The van der Waals surface area contributed by atoms with E-state index >= 15 is 4.39 Å². The SMILES string of the molecule is Cc1cc(CC(=O)N/C(C=N)=C/NC(C)(C)C)c(F)cc1Oc1ccnc2ccc(-c3nnc(CO)cc3C)cc12. The highest BCUT2D eigenvalue weighted by atomic mass is 19.1. The fourth-order valence-electron chi connectivity index (χ4n) is 4.13. The minimum atomic E-state index is -0.581. The van der Waals surface area contributed by atoms with Crippen molar-refractivity contribution in [1.29, 1.82) is 5.41 Å². The van der Waals surface area contributed by atoms with Crippen molar-refractivity contribution in [3.05, 3.63) is 88.8 Å². The Balaban J connectivity index is 1.57. The van der Waals surface area contributed by atoms with Crippen molar-refractivity contribution >= 4 is 23.0 Å². The van der Waals surface area contributed by atoms with E-state index in [1.807, 2.05) is 45.9 Å². The number of halogens is 1. The highest BCUT2D eigenvalue weighted by Crippen LogP contribution is 2.34. The summed E-state index contributed by atoms with van der Waals surface area (Å²) < 4.78 is 21.3. The lowest BCUT2D eigenvalue weighted by molar-refractivity contribution is -0.119. The summed E-state index contributed by atoms with van der Waals surface area (Å²) in [5.41, 5.74) is 4.39. The first-order chi connectivity index (χ1) is 19.5. The molecule has 41 heavy (non-hydrogen) atoms. The van der Waals surface area contributed by atoms with Crippen molar-refractivity contribution in [2.75, 3.05) is 0 Å². The molecule has 212 valence electrons. The topological polar surface area (TPSA) is 133 Å². The summed E-state index contributed by atoms with van der Waals surface area (Å²) in [6.07, 6.45) is 3.99. The van der Waals surface area contributed by atoms with E-state index in [1.165, 1.54) is 6.07 Å². The highest BCUT2D eigenvalue weighted by molar-refractivity contribution is 5.90. The van der Waals surface area contributed by atoms with Gasteiger partial charge in [-0.25, -0.2) is 4.39 Å². The predicted octanol–water partition coefficient (Wildman–Crippen LogP) is 5.27. The maximum Gasteiger partial charge on any atom is 0.228 e. The van der Waals surface area contributed by atoms with E-state index in [2.05, 4.69) is 25.8 Å². The predicted molar refractivity (Wildman–Crippen MR) is 156 cm³/mol. The smallest absolute Gasteiger partial charge is 0.228 e. The molecule has 10 heteroatoms. The van der Waals surface area contributed by atoms with Gasteiger partial charge in [0, 0.05) is 41.2 Å². The third-order valence-corrected chi connectivity index (χ3v) is 6.19. The minimum absolute atomic E-state index is 0.191. The molecule has 4 aromatic rings. The first kappa shape index (κ1) is 29.3. The zero-order valence-electron chi connectivity index (χ0n) is 23.7. The van der Waals surface area contributed by atoms with Gasteiger partial charge in [0.25, 0.3) is 0 Å². The molecule has 4 rings (SSSR count). The zero-order chi connectivity index (χ0) is 29.7. The number of hydrogen-bond acceptors (Lipinski definition) is 8. The number of pyridine rings is 1. The molecular weight excluding hydrogens is 523 g/mol. The maximum absolute atomic E-state index is 15.1. The Hall–Kier alpha value is -4.70. The first-order valence-electron chi connectivity index (χ1n) is 13.1. The monoisotopic (exact) mass is 556 g/mol. The highest BCUT2D eigenvalue weighted by Gasteiger charge is 2.16. The summed E-state index contributed by atoms with van der Waals surface area (Å²) in [6, 6.07) is 12.0. The molecule has 2 aromatic heterocycles. The van der Waals surface area contributed by atoms with Gasteiger partial charge in [0.15, 0.2) is 0 Å². The van der Waals surface area contributed by atoms with E-state index in [0.717, 1.165) is 17.3 Å². The van der Waals surface area contributed by atoms with E-state index in [4.69, 9.17) is 10.1 Å². The van der Waals surface area contributed by atoms with Crippen LogP contribution in [-0.2, 0) is 17.8 Å². The molecular formula is C31H33FN6O3. The number of ether oxygens (including phenoxy) is 1. The van der Waals surface area contributed by atoms with E-state index < -0.39 is 11.7 Å². The van der Waals surface area contributed by atoms with Crippen LogP contribution in [0, 0.1) is 25.1 Å². The Kier molecular flexibility index (Phi) is 8.73. The number of hydrogen-bond donors (Lipinski definition) is 4. The zero-order valence-corrected chi connectivity index (χ0v) is 23.7. The molecule has 0 aliphatic carbocycles. The molecule has 0 aliphatic rings. The second-order valence-corrected chi connectivity index (χ2v) is 10.7. The van der Waals surface area contributed by atoms with Crippen molar-refractivity contribution in [3.63, 3.8) is 0 Å². The molecule has 0 saturated heterocycles. The van der Waals surface area contributed by atoms with Gasteiger partial charge in [-0.1, -0.05) is 6.07 Å². The summed E-state index contributed by atoms with van der Waals surface area (Å²) in [4.78, 5) is 17.0. The van der Waals surface area contributed by atoms with E-state index in [-0.39, 0.29) is 29.8 Å². The van der Waals surface area contributed by atoms with E-state index in [1.54, 1.807) is 37.5 Å². The average Bonchev–Trinajstić information content (AvgIpc) is 2.93. The van der Waals surface area contributed by atoms with Gasteiger partial charge in [-0.05, 0) is 81.6 Å². The van der Waals surface area contributed by atoms with Gasteiger partial charge in [0.2, 0.25) is 5.91 Å². The second kappa shape index (κ2) is 12.2. The number of allylic oxidation sites excluding steroid dienone is 1. The van der Waals surface area contributed by atoms with Crippen LogP contribution in [0.5, 0.6) is 11.5 Å². The number of aryl methyl sites for hydroxylation is 2. The van der Waals surface area contributed by atoms with Crippen LogP contribution in [0.1, 0.15) is 43.2 Å². The van der Waals surface area contributed by atoms with Crippen LogP contribution >= 0.6 is 0 Å². The second-order valence-electron chi connectivity index (χ2n) is 10.7. The molecule has 0 radical (unpaired) electrons. The number of benzene rings is 2. The number of rotatable bonds is 9. The van der Waals surface area contributed by atoms with E-state index in [0.29, 0.717) is 39.4 Å². The maximum atomic E-state index is 15.1. The minimum Gasteiger partial charge on any atom is -0.456 e.